The summed E-state index contributed by atoms with van der Waals surface area (Å²) in [5.41, 5.74) is 3.77. The van der Waals surface area contributed by atoms with E-state index in [0.29, 0.717) is 5.92 Å². The zero-order chi connectivity index (χ0) is 13.9. The van der Waals surface area contributed by atoms with E-state index >= 15 is 0 Å². The molecule has 0 spiro atoms. The van der Waals surface area contributed by atoms with Gasteiger partial charge in [0.15, 0.2) is 0 Å². The van der Waals surface area contributed by atoms with Crippen LogP contribution in [0, 0.1) is 6.92 Å². The molecular formula is C17H18BrNO. The Kier molecular flexibility index (Phi) is 3.97. The minimum Gasteiger partial charge on any atom is -0.493 e. The number of fused-ring (bicyclic) bond motifs is 1. The second-order valence-corrected chi connectivity index (χ2v) is 6.02. The molecule has 0 fully saturated rings. The van der Waals surface area contributed by atoms with Crippen LogP contribution in [-0.4, -0.2) is 13.2 Å². The smallest absolute Gasteiger partial charge is 0.122 e. The van der Waals surface area contributed by atoms with Crippen LogP contribution in [0.15, 0.2) is 46.9 Å². The fourth-order valence-electron chi connectivity index (χ4n) is 2.66. The maximum absolute atomic E-state index is 5.71. The maximum atomic E-state index is 5.71. The van der Waals surface area contributed by atoms with Crippen LogP contribution >= 0.6 is 15.9 Å². The molecule has 0 bridgehead atoms. The van der Waals surface area contributed by atoms with Gasteiger partial charge in [-0.15, -0.1) is 0 Å². The predicted molar refractivity (Wildman–Crippen MR) is 86.7 cm³/mol. The SMILES string of the molecule is Cc1c(Br)cccc1NCC1CCOc2ccccc21. The Morgan fingerprint density at radius 2 is 2.05 bits per heavy atom. The largest absolute Gasteiger partial charge is 0.493 e. The molecule has 1 unspecified atom stereocenters. The summed E-state index contributed by atoms with van der Waals surface area (Å²) in [7, 11) is 0. The third-order valence-corrected chi connectivity index (χ3v) is 4.75. The normalized spacial score (nSPS) is 17.2. The Labute approximate surface area is 128 Å². The number of ether oxygens (including phenoxy) is 1. The average Bonchev–Trinajstić information content (AvgIpc) is 2.49. The van der Waals surface area contributed by atoms with Crippen molar-refractivity contribution in [2.75, 3.05) is 18.5 Å². The molecule has 2 aromatic rings. The number of anilines is 1. The number of hydrogen-bond acceptors (Lipinski definition) is 2. The molecule has 1 heterocycles. The van der Waals surface area contributed by atoms with Gasteiger partial charge in [0.1, 0.15) is 5.75 Å². The number of para-hydroxylation sites is 1. The van der Waals surface area contributed by atoms with Gasteiger partial charge in [-0.25, -0.2) is 0 Å². The van der Waals surface area contributed by atoms with Crippen molar-refractivity contribution in [1.82, 2.24) is 0 Å². The van der Waals surface area contributed by atoms with Gasteiger partial charge in [0.05, 0.1) is 6.61 Å². The van der Waals surface area contributed by atoms with Crippen molar-refractivity contribution in [2.45, 2.75) is 19.3 Å². The Hall–Kier alpha value is -1.48. The summed E-state index contributed by atoms with van der Waals surface area (Å²) in [6.45, 7) is 3.88. The van der Waals surface area contributed by atoms with E-state index in [2.05, 4.69) is 64.6 Å². The van der Waals surface area contributed by atoms with Crippen LogP contribution < -0.4 is 10.1 Å². The fraction of sp³-hybridized carbons (Fsp3) is 0.294. The molecule has 1 atom stereocenters. The van der Waals surface area contributed by atoms with Crippen LogP contribution in [0.5, 0.6) is 5.75 Å². The lowest BCUT2D eigenvalue weighted by Gasteiger charge is -2.26. The van der Waals surface area contributed by atoms with Gasteiger partial charge in [0, 0.05) is 22.6 Å². The molecule has 1 N–H and O–H groups in total. The first-order valence-corrected chi connectivity index (χ1v) is 7.75. The van der Waals surface area contributed by atoms with Crippen LogP contribution in [0.3, 0.4) is 0 Å². The van der Waals surface area contributed by atoms with Crippen molar-refractivity contribution in [3.8, 4) is 5.75 Å². The topological polar surface area (TPSA) is 21.3 Å². The van der Waals surface area contributed by atoms with E-state index in [0.717, 1.165) is 29.8 Å². The highest BCUT2D eigenvalue weighted by Gasteiger charge is 2.20. The zero-order valence-electron chi connectivity index (χ0n) is 11.5. The first-order valence-electron chi connectivity index (χ1n) is 6.96. The lowest BCUT2D eigenvalue weighted by Crippen LogP contribution is -2.21. The van der Waals surface area contributed by atoms with Crippen LogP contribution in [0.4, 0.5) is 5.69 Å². The van der Waals surface area contributed by atoms with Gasteiger partial charge in [-0.05, 0) is 42.7 Å². The highest BCUT2D eigenvalue weighted by molar-refractivity contribution is 9.10. The van der Waals surface area contributed by atoms with E-state index < -0.39 is 0 Å². The third-order valence-electron chi connectivity index (χ3n) is 3.89. The van der Waals surface area contributed by atoms with Crippen molar-refractivity contribution < 1.29 is 4.74 Å². The molecule has 0 saturated carbocycles. The summed E-state index contributed by atoms with van der Waals surface area (Å²) >= 11 is 3.58. The summed E-state index contributed by atoms with van der Waals surface area (Å²) < 4.78 is 6.86. The van der Waals surface area contributed by atoms with E-state index in [1.165, 1.54) is 16.8 Å². The van der Waals surface area contributed by atoms with Gasteiger partial charge in [0.2, 0.25) is 0 Å². The molecule has 1 aliphatic rings. The van der Waals surface area contributed by atoms with Crippen LogP contribution in [0.1, 0.15) is 23.5 Å². The molecule has 104 valence electrons. The van der Waals surface area contributed by atoms with Crippen molar-refractivity contribution in [1.29, 1.82) is 0 Å². The molecule has 0 aromatic heterocycles. The fourth-order valence-corrected chi connectivity index (χ4v) is 3.03. The van der Waals surface area contributed by atoms with Gasteiger partial charge < -0.3 is 10.1 Å². The van der Waals surface area contributed by atoms with Gasteiger partial charge in [-0.2, -0.15) is 0 Å². The molecule has 0 aliphatic carbocycles. The van der Waals surface area contributed by atoms with Crippen LogP contribution in [-0.2, 0) is 0 Å². The van der Waals surface area contributed by atoms with E-state index in [9.17, 15) is 0 Å². The summed E-state index contributed by atoms with van der Waals surface area (Å²) in [6, 6.07) is 14.6. The summed E-state index contributed by atoms with van der Waals surface area (Å²) in [5.74, 6) is 1.55. The minimum atomic E-state index is 0.512. The van der Waals surface area contributed by atoms with Crippen molar-refractivity contribution in [2.24, 2.45) is 0 Å². The van der Waals surface area contributed by atoms with Crippen molar-refractivity contribution in [3.63, 3.8) is 0 Å². The summed E-state index contributed by atoms with van der Waals surface area (Å²) in [6.07, 6.45) is 1.07. The van der Waals surface area contributed by atoms with E-state index in [1.54, 1.807) is 0 Å². The molecule has 2 nitrogen and oxygen atoms in total. The highest BCUT2D eigenvalue weighted by Crippen LogP contribution is 2.34. The van der Waals surface area contributed by atoms with Gasteiger partial charge in [0.25, 0.3) is 0 Å². The first-order chi connectivity index (χ1) is 9.75. The number of halogens is 1. The Bertz CT molecular complexity index is 612. The monoisotopic (exact) mass is 331 g/mol. The lowest BCUT2D eigenvalue weighted by molar-refractivity contribution is 0.270. The number of hydrogen-bond donors (Lipinski definition) is 1. The first kappa shape index (κ1) is 13.5. The lowest BCUT2D eigenvalue weighted by atomic mass is 9.93. The number of benzene rings is 2. The zero-order valence-corrected chi connectivity index (χ0v) is 13.1. The number of rotatable bonds is 3. The number of nitrogens with one attached hydrogen (secondary N) is 1. The summed E-state index contributed by atoms with van der Waals surface area (Å²) in [4.78, 5) is 0. The van der Waals surface area contributed by atoms with Crippen LogP contribution in [0.25, 0.3) is 0 Å². The van der Waals surface area contributed by atoms with Crippen molar-refractivity contribution in [3.05, 3.63) is 58.1 Å². The molecule has 0 saturated heterocycles. The van der Waals surface area contributed by atoms with Gasteiger partial charge in [-0.1, -0.05) is 40.2 Å². The standard InChI is InChI=1S/C17H18BrNO/c1-12-15(18)6-4-7-16(12)19-11-13-9-10-20-17-8-3-2-5-14(13)17/h2-8,13,19H,9-11H2,1H3. The Balaban J connectivity index is 1.75. The predicted octanol–water partition coefficient (Wildman–Crippen LogP) is 4.74. The van der Waals surface area contributed by atoms with E-state index in [-0.39, 0.29) is 0 Å². The second kappa shape index (κ2) is 5.88. The minimum absolute atomic E-state index is 0.512. The average molecular weight is 332 g/mol. The molecule has 3 heteroatoms. The van der Waals surface area contributed by atoms with Crippen LogP contribution in [0.2, 0.25) is 0 Å². The molecular weight excluding hydrogens is 314 g/mol. The van der Waals surface area contributed by atoms with Crippen molar-refractivity contribution >= 4 is 21.6 Å². The van der Waals surface area contributed by atoms with Gasteiger partial charge in [-0.3, -0.25) is 0 Å². The molecule has 3 rings (SSSR count). The quantitative estimate of drug-likeness (QED) is 0.877. The molecule has 20 heavy (non-hydrogen) atoms. The van der Waals surface area contributed by atoms with E-state index in [4.69, 9.17) is 4.74 Å². The summed E-state index contributed by atoms with van der Waals surface area (Å²) in [5, 5.41) is 3.58. The maximum Gasteiger partial charge on any atom is 0.122 e. The van der Waals surface area contributed by atoms with Gasteiger partial charge >= 0.3 is 0 Å². The molecule has 0 radical (unpaired) electrons. The highest BCUT2D eigenvalue weighted by atomic mass is 79.9. The van der Waals surface area contributed by atoms with E-state index in [1.807, 2.05) is 6.07 Å². The second-order valence-electron chi connectivity index (χ2n) is 5.17. The Morgan fingerprint density at radius 1 is 1.20 bits per heavy atom. The molecule has 0 amide bonds. The molecule has 1 aliphatic heterocycles. The third kappa shape index (κ3) is 2.68. The Morgan fingerprint density at radius 3 is 2.95 bits per heavy atom. The molecule has 2 aromatic carbocycles.